The summed E-state index contributed by atoms with van der Waals surface area (Å²) >= 11 is 3.29. The number of methoxy groups -OCH3 is 1. The Morgan fingerprint density at radius 2 is 2.27 bits per heavy atom. The number of rotatable bonds is 6. The van der Waals surface area contributed by atoms with Gasteiger partial charge in [-0.1, -0.05) is 15.9 Å². The topological polar surface area (TPSA) is 33.0 Å². The molecule has 1 unspecified atom stereocenters. The number of hydrogen-bond donors (Lipinski definition) is 0. The molecule has 0 aliphatic rings. The molecule has 0 aliphatic heterocycles. The first-order valence-corrected chi connectivity index (χ1v) is 4.91. The zero-order valence-corrected chi connectivity index (χ0v) is 8.43. The molecule has 0 rings (SSSR count). The Balaban J connectivity index is 3.16. The smallest absolute Gasteiger partial charge is 0.0664 e. The molecule has 0 aliphatic carbocycles. The van der Waals surface area contributed by atoms with Crippen LogP contribution >= 0.6 is 15.9 Å². The van der Waals surface area contributed by atoms with E-state index in [9.17, 15) is 0 Å². The zero-order valence-electron chi connectivity index (χ0n) is 6.85. The Hall–Kier alpha value is -0.0700. The van der Waals surface area contributed by atoms with Gasteiger partial charge in [0.05, 0.1) is 12.0 Å². The molecule has 0 aromatic carbocycles. The molecule has 0 N–H and O–H groups in total. The van der Waals surface area contributed by atoms with Gasteiger partial charge in [-0.25, -0.2) is 0 Å². The standard InChI is InChI=1S/C8H14BrNO/c1-11-5-3-2-4-8(6-9)7-10/h8H,2-6H2,1H3. The Kier molecular flexibility index (Phi) is 7.98. The van der Waals surface area contributed by atoms with Crippen LogP contribution in [-0.2, 0) is 4.74 Å². The van der Waals surface area contributed by atoms with Gasteiger partial charge >= 0.3 is 0 Å². The van der Waals surface area contributed by atoms with Gasteiger partial charge in [0.1, 0.15) is 0 Å². The van der Waals surface area contributed by atoms with E-state index in [0.717, 1.165) is 31.2 Å². The van der Waals surface area contributed by atoms with Crippen LogP contribution in [0.2, 0.25) is 0 Å². The molecule has 0 amide bonds. The molecule has 0 aromatic rings. The average Bonchev–Trinajstić information content (AvgIpc) is 2.05. The normalized spacial score (nSPS) is 12.5. The molecule has 0 aromatic heterocycles. The lowest BCUT2D eigenvalue weighted by molar-refractivity contribution is 0.191. The minimum atomic E-state index is 0.173. The van der Waals surface area contributed by atoms with Gasteiger partial charge in [0.15, 0.2) is 0 Å². The summed E-state index contributed by atoms with van der Waals surface area (Å²) in [7, 11) is 1.70. The highest BCUT2D eigenvalue weighted by atomic mass is 79.9. The van der Waals surface area contributed by atoms with E-state index < -0.39 is 0 Å². The van der Waals surface area contributed by atoms with Gasteiger partial charge in [-0.15, -0.1) is 0 Å². The minimum Gasteiger partial charge on any atom is -0.385 e. The van der Waals surface area contributed by atoms with Gasteiger partial charge < -0.3 is 4.74 Å². The van der Waals surface area contributed by atoms with E-state index in [2.05, 4.69) is 22.0 Å². The minimum absolute atomic E-state index is 0.173. The highest BCUT2D eigenvalue weighted by molar-refractivity contribution is 9.09. The first-order valence-electron chi connectivity index (χ1n) is 3.79. The molecule has 0 saturated heterocycles. The van der Waals surface area contributed by atoms with Crippen molar-refractivity contribution >= 4 is 15.9 Å². The summed E-state index contributed by atoms with van der Waals surface area (Å²) < 4.78 is 4.90. The number of unbranched alkanes of at least 4 members (excludes halogenated alkanes) is 1. The first-order chi connectivity index (χ1) is 5.35. The molecule has 3 heteroatoms. The summed E-state index contributed by atoms with van der Waals surface area (Å²) in [6.45, 7) is 0.806. The van der Waals surface area contributed by atoms with Gasteiger partial charge in [-0.3, -0.25) is 0 Å². The fourth-order valence-electron chi connectivity index (χ4n) is 0.813. The van der Waals surface area contributed by atoms with Crippen LogP contribution in [0.15, 0.2) is 0 Å². The second kappa shape index (κ2) is 8.03. The number of nitriles is 1. The van der Waals surface area contributed by atoms with Crippen LogP contribution in [0.1, 0.15) is 19.3 Å². The van der Waals surface area contributed by atoms with Crippen LogP contribution < -0.4 is 0 Å². The van der Waals surface area contributed by atoms with Crippen LogP contribution in [0, 0.1) is 17.2 Å². The maximum atomic E-state index is 8.57. The number of ether oxygens (including phenoxy) is 1. The van der Waals surface area contributed by atoms with Crippen LogP contribution in [0.3, 0.4) is 0 Å². The molecule has 11 heavy (non-hydrogen) atoms. The van der Waals surface area contributed by atoms with E-state index in [-0.39, 0.29) is 5.92 Å². The van der Waals surface area contributed by atoms with Crippen molar-refractivity contribution in [3.8, 4) is 6.07 Å². The van der Waals surface area contributed by atoms with Crippen molar-refractivity contribution in [1.29, 1.82) is 5.26 Å². The largest absolute Gasteiger partial charge is 0.385 e. The molecule has 2 nitrogen and oxygen atoms in total. The lowest BCUT2D eigenvalue weighted by Gasteiger charge is -2.03. The number of halogens is 1. The van der Waals surface area contributed by atoms with Crippen molar-refractivity contribution in [1.82, 2.24) is 0 Å². The fraction of sp³-hybridized carbons (Fsp3) is 0.875. The maximum Gasteiger partial charge on any atom is 0.0664 e. The zero-order chi connectivity index (χ0) is 8.53. The van der Waals surface area contributed by atoms with Crippen LogP contribution in [-0.4, -0.2) is 19.0 Å². The van der Waals surface area contributed by atoms with Crippen molar-refractivity contribution in [2.24, 2.45) is 5.92 Å². The second-order valence-electron chi connectivity index (χ2n) is 2.47. The van der Waals surface area contributed by atoms with E-state index >= 15 is 0 Å². The molecule has 0 saturated carbocycles. The SMILES string of the molecule is COCCCCC(C#N)CBr. The van der Waals surface area contributed by atoms with Crippen molar-refractivity contribution in [3.05, 3.63) is 0 Å². The van der Waals surface area contributed by atoms with Crippen molar-refractivity contribution in [3.63, 3.8) is 0 Å². The van der Waals surface area contributed by atoms with Gasteiger partial charge in [0, 0.05) is 19.0 Å². The maximum absolute atomic E-state index is 8.57. The quantitative estimate of drug-likeness (QED) is 0.508. The number of hydrogen-bond acceptors (Lipinski definition) is 2. The van der Waals surface area contributed by atoms with Crippen molar-refractivity contribution < 1.29 is 4.74 Å². The van der Waals surface area contributed by atoms with Crippen LogP contribution in [0.5, 0.6) is 0 Å². The third-order valence-electron chi connectivity index (χ3n) is 1.52. The van der Waals surface area contributed by atoms with E-state index in [1.54, 1.807) is 7.11 Å². The Morgan fingerprint density at radius 3 is 2.73 bits per heavy atom. The van der Waals surface area contributed by atoms with Crippen molar-refractivity contribution in [2.45, 2.75) is 19.3 Å². The lowest BCUT2D eigenvalue weighted by Crippen LogP contribution is -1.99. The molecular formula is C8H14BrNO. The predicted octanol–water partition coefficient (Wildman–Crippen LogP) is 2.34. The summed E-state index contributed by atoms with van der Waals surface area (Å²) in [4.78, 5) is 0. The predicted molar refractivity (Wildman–Crippen MR) is 48.6 cm³/mol. The van der Waals surface area contributed by atoms with Crippen LogP contribution in [0.25, 0.3) is 0 Å². The van der Waals surface area contributed by atoms with Crippen LogP contribution in [0.4, 0.5) is 0 Å². The lowest BCUT2D eigenvalue weighted by atomic mass is 10.1. The molecule has 0 bridgehead atoms. The highest BCUT2D eigenvalue weighted by Gasteiger charge is 2.03. The Bertz CT molecular complexity index is 122. The molecule has 0 fully saturated rings. The summed E-state index contributed by atoms with van der Waals surface area (Å²) in [5, 5.41) is 9.36. The molecular weight excluding hydrogens is 206 g/mol. The van der Waals surface area contributed by atoms with Gasteiger partial charge in [0.25, 0.3) is 0 Å². The molecule has 64 valence electrons. The molecule has 0 radical (unpaired) electrons. The summed E-state index contributed by atoms with van der Waals surface area (Å²) in [6.07, 6.45) is 3.12. The van der Waals surface area contributed by atoms with E-state index in [4.69, 9.17) is 10.00 Å². The third kappa shape index (κ3) is 6.33. The van der Waals surface area contributed by atoms with E-state index in [1.165, 1.54) is 0 Å². The molecule has 0 heterocycles. The molecule has 1 atom stereocenters. The monoisotopic (exact) mass is 219 g/mol. The first kappa shape index (κ1) is 10.9. The highest BCUT2D eigenvalue weighted by Crippen LogP contribution is 2.09. The number of alkyl halides is 1. The van der Waals surface area contributed by atoms with Gasteiger partial charge in [-0.05, 0) is 19.3 Å². The number of nitrogens with zero attached hydrogens (tertiary/aromatic N) is 1. The van der Waals surface area contributed by atoms with E-state index in [0.29, 0.717) is 0 Å². The average molecular weight is 220 g/mol. The van der Waals surface area contributed by atoms with Gasteiger partial charge in [-0.2, -0.15) is 5.26 Å². The van der Waals surface area contributed by atoms with Crippen molar-refractivity contribution in [2.75, 3.05) is 19.0 Å². The van der Waals surface area contributed by atoms with E-state index in [1.807, 2.05) is 0 Å². The molecule has 0 spiro atoms. The summed E-state index contributed by atoms with van der Waals surface area (Å²) in [5.74, 6) is 0.173. The fourth-order valence-corrected chi connectivity index (χ4v) is 1.28. The Morgan fingerprint density at radius 1 is 1.55 bits per heavy atom. The summed E-state index contributed by atoms with van der Waals surface area (Å²) in [6, 6.07) is 2.24. The Labute approximate surface area is 76.7 Å². The second-order valence-corrected chi connectivity index (χ2v) is 3.12. The third-order valence-corrected chi connectivity index (χ3v) is 2.30. The van der Waals surface area contributed by atoms with Gasteiger partial charge in [0.2, 0.25) is 0 Å². The summed E-state index contributed by atoms with van der Waals surface area (Å²) in [5.41, 5.74) is 0.